The second kappa shape index (κ2) is 6.39. The molecule has 0 spiro atoms. The zero-order chi connectivity index (χ0) is 13.5. The quantitative estimate of drug-likeness (QED) is 0.802. The lowest BCUT2D eigenvalue weighted by Crippen LogP contribution is -2.20. The molecule has 0 atom stereocenters. The van der Waals surface area contributed by atoms with Crippen molar-refractivity contribution in [2.24, 2.45) is 0 Å². The number of imidazole rings is 1. The van der Waals surface area contributed by atoms with Gasteiger partial charge in [-0.15, -0.1) is 0 Å². The summed E-state index contributed by atoms with van der Waals surface area (Å²) in [6, 6.07) is 7.47. The molecule has 2 aromatic rings. The molecule has 1 heterocycles. The van der Waals surface area contributed by atoms with Gasteiger partial charge >= 0.3 is 0 Å². The molecule has 0 aliphatic heterocycles. The van der Waals surface area contributed by atoms with Crippen LogP contribution in [0, 0.1) is 0 Å². The van der Waals surface area contributed by atoms with Crippen molar-refractivity contribution >= 4 is 12.0 Å². The highest BCUT2D eigenvalue weighted by molar-refractivity contribution is 5.91. The van der Waals surface area contributed by atoms with Gasteiger partial charge in [0.2, 0.25) is 5.91 Å². The van der Waals surface area contributed by atoms with Gasteiger partial charge in [-0.05, 0) is 23.8 Å². The molecular formula is C14H15N3O2. The van der Waals surface area contributed by atoms with Gasteiger partial charge in [-0.3, -0.25) is 4.79 Å². The van der Waals surface area contributed by atoms with Crippen LogP contribution in [0.4, 0.5) is 0 Å². The molecule has 0 aliphatic carbocycles. The number of ether oxygens (including phenoxy) is 1. The van der Waals surface area contributed by atoms with E-state index in [1.807, 2.05) is 24.3 Å². The minimum atomic E-state index is -0.148. The Morgan fingerprint density at radius 1 is 1.42 bits per heavy atom. The molecule has 0 radical (unpaired) electrons. The summed E-state index contributed by atoms with van der Waals surface area (Å²) in [5, 5.41) is 2.76. The number of aromatic nitrogens is 2. The molecule has 98 valence electrons. The Kier molecular flexibility index (Phi) is 4.34. The van der Waals surface area contributed by atoms with Crippen LogP contribution in [0.5, 0.6) is 5.75 Å². The average Bonchev–Trinajstić information content (AvgIpc) is 2.96. The van der Waals surface area contributed by atoms with Gasteiger partial charge in [-0.2, -0.15) is 0 Å². The molecule has 1 aromatic carbocycles. The summed E-state index contributed by atoms with van der Waals surface area (Å²) in [7, 11) is 1.62. The van der Waals surface area contributed by atoms with E-state index in [0.717, 1.165) is 17.0 Å². The van der Waals surface area contributed by atoms with Gasteiger partial charge in [0, 0.05) is 12.3 Å². The molecule has 0 saturated carbocycles. The van der Waals surface area contributed by atoms with E-state index < -0.39 is 0 Å². The lowest BCUT2D eigenvalue weighted by atomic mass is 10.2. The Hall–Kier alpha value is -2.56. The SMILES string of the molecule is COc1ccc(C=CC(=O)NCc2cnc[nH]2)cc1. The molecule has 0 bridgehead atoms. The lowest BCUT2D eigenvalue weighted by Gasteiger charge is -2.00. The van der Waals surface area contributed by atoms with Gasteiger partial charge in [-0.1, -0.05) is 12.1 Å². The molecule has 5 nitrogen and oxygen atoms in total. The Morgan fingerprint density at radius 3 is 2.84 bits per heavy atom. The summed E-state index contributed by atoms with van der Waals surface area (Å²) in [5.41, 5.74) is 1.81. The predicted molar refractivity (Wildman–Crippen MR) is 72.5 cm³/mol. The minimum absolute atomic E-state index is 0.148. The van der Waals surface area contributed by atoms with Crippen LogP contribution in [0.15, 0.2) is 42.9 Å². The minimum Gasteiger partial charge on any atom is -0.497 e. The number of carbonyl (C=O) groups is 1. The molecule has 1 amide bonds. The number of methoxy groups -OCH3 is 1. The van der Waals surface area contributed by atoms with Gasteiger partial charge in [0.15, 0.2) is 0 Å². The van der Waals surface area contributed by atoms with E-state index in [4.69, 9.17) is 4.74 Å². The van der Waals surface area contributed by atoms with Crippen molar-refractivity contribution in [1.29, 1.82) is 0 Å². The molecule has 0 aliphatic rings. The standard InChI is InChI=1S/C14H15N3O2/c1-19-13-5-2-11(3-6-13)4-7-14(18)16-9-12-8-15-10-17-12/h2-8,10H,9H2,1H3,(H,15,17)(H,16,18). The maximum absolute atomic E-state index is 11.6. The zero-order valence-corrected chi connectivity index (χ0v) is 10.6. The van der Waals surface area contributed by atoms with E-state index in [9.17, 15) is 4.79 Å². The molecule has 0 saturated heterocycles. The van der Waals surface area contributed by atoms with Crippen LogP contribution < -0.4 is 10.1 Å². The fourth-order valence-corrected chi connectivity index (χ4v) is 1.51. The van der Waals surface area contributed by atoms with E-state index in [-0.39, 0.29) is 5.91 Å². The van der Waals surface area contributed by atoms with Gasteiger partial charge < -0.3 is 15.0 Å². The molecule has 2 N–H and O–H groups in total. The molecule has 0 unspecified atom stereocenters. The summed E-state index contributed by atoms with van der Waals surface area (Å²) < 4.78 is 5.06. The van der Waals surface area contributed by atoms with Crippen molar-refractivity contribution < 1.29 is 9.53 Å². The van der Waals surface area contributed by atoms with Crippen LogP contribution in [0.2, 0.25) is 0 Å². The van der Waals surface area contributed by atoms with E-state index in [1.54, 1.807) is 25.7 Å². The first-order valence-corrected chi connectivity index (χ1v) is 5.85. The number of H-pyrrole nitrogens is 1. The average molecular weight is 257 g/mol. The zero-order valence-electron chi connectivity index (χ0n) is 10.6. The summed E-state index contributed by atoms with van der Waals surface area (Å²) >= 11 is 0. The first kappa shape index (κ1) is 12.9. The number of amides is 1. The number of hydrogen-bond acceptors (Lipinski definition) is 3. The first-order valence-electron chi connectivity index (χ1n) is 5.85. The van der Waals surface area contributed by atoms with Gasteiger partial charge in [0.25, 0.3) is 0 Å². The second-order valence-electron chi connectivity index (χ2n) is 3.90. The highest BCUT2D eigenvalue weighted by Crippen LogP contribution is 2.12. The first-order chi connectivity index (χ1) is 9.28. The molecule has 1 aromatic heterocycles. The van der Waals surface area contributed by atoms with Crippen LogP contribution >= 0.6 is 0 Å². The Bertz CT molecular complexity index is 545. The third-order valence-electron chi connectivity index (χ3n) is 2.55. The van der Waals surface area contributed by atoms with Crippen molar-refractivity contribution in [3.63, 3.8) is 0 Å². The fraction of sp³-hybridized carbons (Fsp3) is 0.143. The third kappa shape index (κ3) is 3.99. The highest BCUT2D eigenvalue weighted by Gasteiger charge is 1.97. The number of benzene rings is 1. The number of carbonyl (C=O) groups excluding carboxylic acids is 1. The molecular weight excluding hydrogens is 242 g/mol. The Balaban J connectivity index is 1.85. The second-order valence-corrected chi connectivity index (χ2v) is 3.90. The van der Waals surface area contributed by atoms with Crippen LogP contribution in [0.3, 0.4) is 0 Å². The molecule has 2 rings (SSSR count). The molecule has 19 heavy (non-hydrogen) atoms. The summed E-state index contributed by atoms with van der Waals surface area (Å²) in [4.78, 5) is 18.4. The predicted octanol–water partition coefficient (Wildman–Crippen LogP) is 1.75. The monoisotopic (exact) mass is 257 g/mol. The smallest absolute Gasteiger partial charge is 0.244 e. The van der Waals surface area contributed by atoms with Gasteiger partial charge in [0.1, 0.15) is 5.75 Å². The Labute approximate surface area is 111 Å². The van der Waals surface area contributed by atoms with Crippen molar-refractivity contribution in [2.75, 3.05) is 7.11 Å². The lowest BCUT2D eigenvalue weighted by molar-refractivity contribution is -0.116. The number of nitrogens with one attached hydrogen (secondary N) is 2. The van der Waals surface area contributed by atoms with E-state index in [0.29, 0.717) is 6.54 Å². The van der Waals surface area contributed by atoms with Crippen molar-refractivity contribution in [1.82, 2.24) is 15.3 Å². The number of nitrogens with zero attached hydrogens (tertiary/aromatic N) is 1. The Morgan fingerprint density at radius 2 is 2.21 bits per heavy atom. The summed E-state index contributed by atoms with van der Waals surface area (Å²) in [6.07, 6.45) is 6.50. The van der Waals surface area contributed by atoms with Gasteiger partial charge in [0.05, 0.1) is 25.7 Å². The number of aromatic amines is 1. The largest absolute Gasteiger partial charge is 0.497 e. The van der Waals surface area contributed by atoms with Crippen LogP contribution in [0.1, 0.15) is 11.3 Å². The maximum atomic E-state index is 11.6. The van der Waals surface area contributed by atoms with Crippen LogP contribution in [-0.4, -0.2) is 23.0 Å². The number of hydrogen-bond donors (Lipinski definition) is 2. The van der Waals surface area contributed by atoms with Gasteiger partial charge in [-0.25, -0.2) is 4.98 Å². The highest BCUT2D eigenvalue weighted by atomic mass is 16.5. The summed E-state index contributed by atoms with van der Waals surface area (Å²) in [6.45, 7) is 0.436. The van der Waals surface area contributed by atoms with Crippen molar-refractivity contribution in [3.8, 4) is 5.75 Å². The van der Waals surface area contributed by atoms with Crippen molar-refractivity contribution in [3.05, 3.63) is 54.1 Å². The van der Waals surface area contributed by atoms with E-state index in [1.165, 1.54) is 6.08 Å². The van der Waals surface area contributed by atoms with Crippen LogP contribution in [-0.2, 0) is 11.3 Å². The molecule has 0 fully saturated rings. The number of rotatable bonds is 5. The normalized spacial score (nSPS) is 10.6. The summed E-state index contributed by atoms with van der Waals surface area (Å²) in [5.74, 6) is 0.645. The maximum Gasteiger partial charge on any atom is 0.244 e. The molecule has 5 heteroatoms. The van der Waals surface area contributed by atoms with E-state index >= 15 is 0 Å². The fourth-order valence-electron chi connectivity index (χ4n) is 1.51. The third-order valence-corrected chi connectivity index (χ3v) is 2.55. The van der Waals surface area contributed by atoms with E-state index in [2.05, 4.69) is 15.3 Å². The van der Waals surface area contributed by atoms with Crippen LogP contribution in [0.25, 0.3) is 6.08 Å². The topological polar surface area (TPSA) is 67.0 Å². The van der Waals surface area contributed by atoms with Crippen molar-refractivity contribution in [2.45, 2.75) is 6.54 Å².